The van der Waals surface area contributed by atoms with Crippen molar-refractivity contribution in [3.05, 3.63) is 90.1 Å². The Labute approximate surface area is 215 Å². The first-order valence-corrected chi connectivity index (χ1v) is 12.6. The van der Waals surface area contributed by atoms with Crippen LogP contribution in [0.15, 0.2) is 73.2 Å². The van der Waals surface area contributed by atoms with Crippen molar-refractivity contribution < 1.29 is 8.87 Å². The number of anilines is 2. The van der Waals surface area contributed by atoms with Crippen LogP contribution in [0, 0.1) is 5.82 Å². The lowest BCUT2D eigenvalue weighted by atomic mass is 10.0. The number of aryl methyl sites for hydroxylation is 1. The van der Waals surface area contributed by atoms with Crippen LogP contribution < -0.4 is 15.8 Å². The number of hydrogen-bond donors (Lipinski definition) is 3. The number of nitrogens with one attached hydrogen (secondary N) is 3. The number of H-pyrrole nitrogens is 1. The first kappa shape index (κ1) is 24.9. The first-order valence-electron chi connectivity index (χ1n) is 12.6. The van der Waals surface area contributed by atoms with Gasteiger partial charge in [0.2, 0.25) is 0 Å². The number of nitrogens with zero attached hydrogens (tertiary/aromatic N) is 3. The summed E-state index contributed by atoms with van der Waals surface area (Å²) in [7, 11) is 2.00. The lowest BCUT2D eigenvalue weighted by molar-refractivity contribution is 0.306. The minimum Gasteiger partial charge on any atom is -0.359 e. The summed E-state index contributed by atoms with van der Waals surface area (Å²) >= 11 is 0. The van der Waals surface area contributed by atoms with E-state index in [4.69, 9.17) is 0 Å². The average molecular weight is 503 g/mol. The van der Waals surface area contributed by atoms with Crippen LogP contribution in [0.3, 0.4) is 0 Å². The van der Waals surface area contributed by atoms with Gasteiger partial charge in [0, 0.05) is 60.9 Å². The van der Waals surface area contributed by atoms with Gasteiger partial charge in [-0.05, 0) is 66.9 Å². The number of pyridine rings is 1. The highest BCUT2D eigenvalue weighted by Crippen LogP contribution is 2.28. The Kier molecular flexibility index (Phi) is 7.48. The second-order valence-electron chi connectivity index (χ2n) is 9.58. The van der Waals surface area contributed by atoms with Crippen LogP contribution in [0.4, 0.5) is 20.2 Å². The molecule has 3 heterocycles. The molecule has 2 aromatic carbocycles. The number of aromatic nitrogens is 2. The molecule has 6 nitrogen and oxygen atoms in total. The second kappa shape index (κ2) is 11.1. The molecule has 4 aromatic rings. The quantitative estimate of drug-likeness (QED) is 0.297. The number of fused-ring (bicyclic) bond motifs is 2. The van der Waals surface area contributed by atoms with E-state index in [1.54, 1.807) is 12.3 Å². The molecule has 0 amide bonds. The third kappa shape index (κ3) is 5.98. The van der Waals surface area contributed by atoms with Crippen molar-refractivity contribution in [3.63, 3.8) is 0 Å². The fraction of sp³-hybridized carbons (Fsp3) is 0.276. The monoisotopic (exact) mass is 502 g/mol. The van der Waals surface area contributed by atoms with E-state index >= 15 is 0 Å². The van der Waals surface area contributed by atoms with Gasteiger partial charge in [0.05, 0.1) is 12.2 Å². The Morgan fingerprint density at radius 3 is 2.84 bits per heavy atom. The fourth-order valence-electron chi connectivity index (χ4n) is 4.58. The summed E-state index contributed by atoms with van der Waals surface area (Å²) in [6.07, 6.45) is 4.64. The zero-order valence-corrected chi connectivity index (χ0v) is 21.0. The van der Waals surface area contributed by atoms with Gasteiger partial charge in [-0.25, -0.2) is 14.5 Å². The van der Waals surface area contributed by atoms with Gasteiger partial charge in [-0.3, -0.25) is 0 Å². The predicted molar refractivity (Wildman–Crippen MR) is 147 cm³/mol. The predicted octanol–water partition coefficient (Wildman–Crippen LogP) is 5.65. The first-order chi connectivity index (χ1) is 18.0. The molecule has 0 spiro atoms. The van der Waals surface area contributed by atoms with Crippen molar-refractivity contribution in [2.75, 3.05) is 43.7 Å². The van der Waals surface area contributed by atoms with Crippen molar-refractivity contribution in [1.29, 1.82) is 0 Å². The topological polar surface area (TPSA) is 59.2 Å². The van der Waals surface area contributed by atoms with Crippen LogP contribution >= 0.6 is 0 Å². The summed E-state index contributed by atoms with van der Waals surface area (Å²) in [5.74, 6) is -0.252. The van der Waals surface area contributed by atoms with Crippen LogP contribution in [-0.4, -0.2) is 48.1 Å². The molecule has 0 saturated carbocycles. The smallest absolute Gasteiger partial charge is 0.137 e. The van der Waals surface area contributed by atoms with Gasteiger partial charge >= 0.3 is 0 Å². The molecule has 0 radical (unpaired) electrons. The minimum atomic E-state index is -0.252. The van der Waals surface area contributed by atoms with E-state index in [2.05, 4.69) is 32.1 Å². The molecule has 0 aliphatic carbocycles. The molecule has 1 aliphatic heterocycles. The van der Waals surface area contributed by atoms with Crippen molar-refractivity contribution in [2.24, 2.45) is 0 Å². The number of benzene rings is 2. The summed E-state index contributed by atoms with van der Waals surface area (Å²) in [6.45, 7) is 7.41. The molecule has 1 aliphatic rings. The maximum absolute atomic E-state index is 14.9. The van der Waals surface area contributed by atoms with E-state index in [-0.39, 0.29) is 5.82 Å². The van der Waals surface area contributed by atoms with Gasteiger partial charge in [0.25, 0.3) is 0 Å². The Morgan fingerprint density at radius 1 is 1.08 bits per heavy atom. The molecule has 0 fully saturated rings. The normalized spacial score (nSPS) is 14.9. The van der Waals surface area contributed by atoms with Gasteiger partial charge in [-0.1, -0.05) is 29.3 Å². The fourth-order valence-corrected chi connectivity index (χ4v) is 4.58. The molecule has 0 atom stereocenters. The van der Waals surface area contributed by atoms with Crippen LogP contribution in [0.2, 0.25) is 0 Å². The summed E-state index contributed by atoms with van der Waals surface area (Å²) < 4.78 is 29.9. The van der Waals surface area contributed by atoms with Gasteiger partial charge in [-0.15, -0.1) is 0 Å². The second-order valence-corrected chi connectivity index (χ2v) is 9.58. The Hall–Kier alpha value is -3.75. The highest BCUT2D eigenvalue weighted by atomic mass is 19.2. The number of aromatic amines is 1. The summed E-state index contributed by atoms with van der Waals surface area (Å²) in [6, 6.07) is 14.9. The highest BCUT2D eigenvalue weighted by molar-refractivity contribution is 5.81. The molecule has 2 aromatic heterocycles. The Morgan fingerprint density at radius 2 is 1.97 bits per heavy atom. The molecular formula is C29H32F2N6. The number of allylic oxidation sites excluding steroid dienone is 1. The summed E-state index contributed by atoms with van der Waals surface area (Å²) in [5, 5.41) is 8.45. The minimum absolute atomic E-state index is 0.252. The third-order valence-electron chi connectivity index (χ3n) is 6.81. The van der Waals surface area contributed by atoms with Gasteiger partial charge in [-0.2, -0.15) is 0 Å². The van der Waals surface area contributed by atoms with Crippen LogP contribution in [-0.2, 0) is 13.0 Å². The van der Waals surface area contributed by atoms with Crippen LogP contribution in [0.1, 0.15) is 17.5 Å². The average Bonchev–Trinajstić information content (AvgIpc) is 3.37. The number of likely N-dealkylation sites (N-methyl/N-ethyl adjacent to an activating group) is 1. The van der Waals surface area contributed by atoms with E-state index in [9.17, 15) is 8.87 Å². The Bertz CT molecular complexity index is 1400. The van der Waals surface area contributed by atoms with E-state index < -0.39 is 0 Å². The lowest BCUT2D eigenvalue weighted by Gasteiger charge is -2.25. The molecule has 5 rings (SSSR count). The maximum atomic E-state index is 14.9. The van der Waals surface area contributed by atoms with E-state index in [1.165, 1.54) is 0 Å². The molecular weight excluding hydrogens is 470 g/mol. The highest BCUT2D eigenvalue weighted by Gasteiger charge is 2.15. The number of rotatable bonds is 6. The Balaban J connectivity index is 1.22. The van der Waals surface area contributed by atoms with Crippen molar-refractivity contribution in [3.8, 4) is 11.1 Å². The SMILES string of the molecule is C=C(CCc1ccc(-c2cnc3[nH]ccc3c2)cc1F)Nc1ccc2c(c1)N(F)CCN(C)CCNC2. The lowest BCUT2D eigenvalue weighted by Crippen LogP contribution is -2.35. The van der Waals surface area contributed by atoms with Gasteiger partial charge in [0.15, 0.2) is 0 Å². The summed E-state index contributed by atoms with van der Waals surface area (Å²) in [5.41, 5.74) is 6.07. The van der Waals surface area contributed by atoms with Gasteiger partial charge < -0.3 is 20.5 Å². The molecule has 0 unspecified atom stereocenters. The number of halogens is 2. The third-order valence-corrected chi connectivity index (χ3v) is 6.81. The molecule has 0 saturated heterocycles. The zero-order valence-electron chi connectivity index (χ0n) is 21.0. The van der Waals surface area contributed by atoms with Crippen molar-refractivity contribution in [2.45, 2.75) is 19.4 Å². The standard InChI is InChI=1S/C29H32F2N6/c1-20(35-26-8-7-24-18-32-11-12-36(2)13-14-37(31)28(24)17-26)3-4-21-5-6-22(16-27(21)30)25-15-23-9-10-33-29(23)34-19-25/h5-10,15-17,19,32,35H,1,3-4,11-14,18H2,2H3,(H,33,34). The maximum Gasteiger partial charge on any atom is 0.137 e. The van der Waals surface area contributed by atoms with Crippen LogP contribution in [0.25, 0.3) is 22.2 Å². The van der Waals surface area contributed by atoms with E-state index in [0.717, 1.165) is 57.3 Å². The zero-order chi connectivity index (χ0) is 25.8. The van der Waals surface area contributed by atoms with E-state index in [0.29, 0.717) is 43.7 Å². The van der Waals surface area contributed by atoms with Crippen molar-refractivity contribution in [1.82, 2.24) is 20.2 Å². The molecule has 3 N–H and O–H groups in total. The number of hydrogen-bond acceptors (Lipinski definition) is 5. The van der Waals surface area contributed by atoms with Crippen LogP contribution in [0.5, 0.6) is 0 Å². The molecule has 0 bridgehead atoms. The molecule has 8 heteroatoms. The summed E-state index contributed by atoms with van der Waals surface area (Å²) in [4.78, 5) is 9.57. The molecule has 37 heavy (non-hydrogen) atoms. The molecule has 192 valence electrons. The van der Waals surface area contributed by atoms with Crippen molar-refractivity contribution >= 4 is 22.4 Å². The van der Waals surface area contributed by atoms with E-state index in [1.807, 2.05) is 55.7 Å². The largest absolute Gasteiger partial charge is 0.359 e. The van der Waals surface area contributed by atoms with Gasteiger partial charge in [0.1, 0.15) is 11.5 Å².